The zero-order chi connectivity index (χ0) is 19.8. The van der Waals surface area contributed by atoms with Gasteiger partial charge in [-0.1, -0.05) is 6.07 Å². The van der Waals surface area contributed by atoms with Crippen molar-refractivity contribution in [3.8, 4) is 11.5 Å². The molecule has 0 amide bonds. The summed E-state index contributed by atoms with van der Waals surface area (Å²) in [7, 11) is 0. The summed E-state index contributed by atoms with van der Waals surface area (Å²) in [6, 6.07) is 6.27. The second kappa shape index (κ2) is 10.2. The first kappa shape index (κ1) is 21.1. The van der Waals surface area contributed by atoms with Crippen LogP contribution >= 0.6 is 24.0 Å². The van der Waals surface area contributed by atoms with Crippen LogP contribution in [0, 0.1) is 10.1 Å². The maximum absolute atomic E-state index is 10.9. The summed E-state index contributed by atoms with van der Waals surface area (Å²) in [5.74, 6) is 1.72. The minimum Gasteiger partial charge on any atom is -0.419 e. The molecule has 0 aliphatic heterocycles. The number of hydrogen-bond donors (Lipinski definition) is 1. The second-order valence-corrected chi connectivity index (χ2v) is 7.48. The summed E-state index contributed by atoms with van der Waals surface area (Å²) in [5, 5.41) is 22.9. The van der Waals surface area contributed by atoms with E-state index in [4.69, 9.17) is 16.6 Å². The largest absolute Gasteiger partial charge is 0.419 e. The molecule has 1 N–H and O–H groups in total. The van der Waals surface area contributed by atoms with Gasteiger partial charge in [-0.25, -0.2) is 0 Å². The van der Waals surface area contributed by atoms with Crippen LogP contribution in [0.4, 0.5) is 5.69 Å². The quantitative estimate of drug-likeness (QED) is 0.289. The normalized spacial score (nSPS) is 10.8. The van der Waals surface area contributed by atoms with E-state index in [1.54, 1.807) is 23.9 Å². The molecule has 0 saturated carbocycles. The Balaban J connectivity index is 2.06. The highest BCUT2D eigenvalue weighted by molar-refractivity contribution is 7.98. The summed E-state index contributed by atoms with van der Waals surface area (Å²) in [6.45, 7) is 5.25. The van der Waals surface area contributed by atoms with E-state index in [1.807, 2.05) is 18.7 Å². The van der Waals surface area contributed by atoms with Crippen molar-refractivity contribution in [3.05, 3.63) is 40.3 Å². The number of nitrogens with one attached hydrogen (secondary N) is 1. The summed E-state index contributed by atoms with van der Waals surface area (Å²) in [4.78, 5) is 12.4. The molecule has 27 heavy (non-hydrogen) atoms. The van der Waals surface area contributed by atoms with Crippen LogP contribution in [0.25, 0.3) is 11.5 Å². The lowest BCUT2D eigenvalue weighted by atomic mass is 10.2. The molecular formula is C17H23N5O3S2. The van der Waals surface area contributed by atoms with Gasteiger partial charge in [0.25, 0.3) is 5.69 Å². The van der Waals surface area contributed by atoms with Crippen molar-refractivity contribution in [2.24, 2.45) is 0 Å². The standard InChI is InChI=1S/C17H23N5O3S2/c1-12(2)21(17(26)18-8-5-9-27-3)11-15-19-20-16(25-15)13-6-4-7-14(10-13)22(23)24/h4,6-7,10,12H,5,8-9,11H2,1-3H3,(H,18,26). The zero-order valence-corrected chi connectivity index (χ0v) is 17.2. The fourth-order valence-electron chi connectivity index (χ4n) is 2.33. The Morgan fingerprint density at radius 2 is 2.22 bits per heavy atom. The van der Waals surface area contributed by atoms with Crippen LogP contribution in [0.3, 0.4) is 0 Å². The minimum atomic E-state index is -0.456. The van der Waals surface area contributed by atoms with Crippen molar-refractivity contribution in [2.75, 3.05) is 18.6 Å². The Labute approximate surface area is 167 Å². The second-order valence-electron chi connectivity index (χ2n) is 6.11. The molecule has 0 aliphatic rings. The van der Waals surface area contributed by atoms with Crippen LogP contribution in [-0.4, -0.2) is 49.7 Å². The van der Waals surface area contributed by atoms with Gasteiger partial charge in [-0.2, -0.15) is 11.8 Å². The van der Waals surface area contributed by atoms with Crippen LogP contribution in [0.2, 0.25) is 0 Å². The third kappa shape index (κ3) is 6.17. The van der Waals surface area contributed by atoms with E-state index >= 15 is 0 Å². The smallest absolute Gasteiger partial charge is 0.270 e. The lowest BCUT2D eigenvalue weighted by Gasteiger charge is -2.28. The fraction of sp³-hybridized carbons (Fsp3) is 0.471. The van der Waals surface area contributed by atoms with Crippen LogP contribution in [-0.2, 0) is 6.54 Å². The van der Waals surface area contributed by atoms with Gasteiger partial charge in [0.1, 0.15) is 0 Å². The summed E-state index contributed by atoms with van der Waals surface area (Å²) in [5.41, 5.74) is 0.489. The third-order valence-corrected chi connectivity index (χ3v) is 4.84. The van der Waals surface area contributed by atoms with E-state index in [2.05, 4.69) is 21.8 Å². The molecule has 0 bridgehead atoms. The molecule has 2 rings (SSSR count). The maximum atomic E-state index is 10.9. The molecule has 0 saturated heterocycles. The van der Waals surface area contributed by atoms with Crippen LogP contribution in [0.5, 0.6) is 0 Å². The van der Waals surface area contributed by atoms with Gasteiger partial charge < -0.3 is 14.6 Å². The molecule has 1 heterocycles. The number of nitro benzene ring substituents is 1. The number of non-ortho nitro benzene ring substituents is 1. The first-order valence-corrected chi connectivity index (χ1v) is 10.3. The predicted octanol–water partition coefficient (Wildman–Crippen LogP) is 3.48. The first-order chi connectivity index (χ1) is 12.9. The van der Waals surface area contributed by atoms with Gasteiger partial charge in [0.05, 0.1) is 11.5 Å². The van der Waals surface area contributed by atoms with Gasteiger partial charge in [-0.15, -0.1) is 10.2 Å². The molecule has 0 spiro atoms. The molecule has 0 unspecified atom stereocenters. The van der Waals surface area contributed by atoms with Crippen LogP contribution in [0.15, 0.2) is 28.7 Å². The van der Waals surface area contributed by atoms with Crippen molar-refractivity contribution in [3.63, 3.8) is 0 Å². The van der Waals surface area contributed by atoms with Gasteiger partial charge >= 0.3 is 0 Å². The number of aromatic nitrogens is 2. The highest BCUT2D eigenvalue weighted by atomic mass is 32.2. The predicted molar refractivity (Wildman–Crippen MR) is 111 cm³/mol. The third-order valence-electron chi connectivity index (χ3n) is 3.76. The first-order valence-electron chi connectivity index (χ1n) is 8.53. The topological polar surface area (TPSA) is 97.3 Å². The molecule has 8 nitrogen and oxygen atoms in total. The Kier molecular flexibility index (Phi) is 7.99. The molecule has 0 fully saturated rings. The Hall–Kier alpha value is -2.20. The molecule has 0 radical (unpaired) electrons. The number of thiocarbonyl (C=S) groups is 1. The molecule has 2 aromatic rings. The van der Waals surface area contributed by atoms with Gasteiger partial charge in [0.15, 0.2) is 5.11 Å². The average molecular weight is 410 g/mol. The average Bonchev–Trinajstić information content (AvgIpc) is 3.11. The van der Waals surface area contributed by atoms with E-state index in [-0.39, 0.29) is 17.6 Å². The summed E-state index contributed by atoms with van der Waals surface area (Å²) >= 11 is 7.29. The van der Waals surface area contributed by atoms with E-state index in [0.717, 1.165) is 18.7 Å². The molecular weight excluding hydrogens is 386 g/mol. The van der Waals surface area contributed by atoms with E-state index in [0.29, 0.717) is 23.1 Å². The molecule has 1 aromatic carbocycles. The highest BCUT2D eigenvalue weighted by Crippen LogP contribution is 2.23. The number of nitro groups is 1. The van der Waals surface area contributed by atoms with Crippen molar-refractivity contribution in [1.29, 1.82) is 0 Å². The fourth-order valence-corrected chi connectivity index (χ4v) is 3.15. The van der Waals surface area contributed by atoms with Gasteiger partial charge in [0.2, 0.25) is 11.8 Å². The molecule has 0 aliphatic carbocycles. The molecule has 1 aromatic heterocycles. The molecule has 146 valence electrons. The summed E-state index contributed by atoms with van der Waals surface area (Å²) in [6.07, 6.45) is 3.11. The number of hydrogen-bond acceptors (Lipinski definition) is 7. The van der Waals surface area contributed by atoms with Gasteiger partial charge in [0, 0.05) is 30.3 Å². The minimum absolute atomic E-state index is 0.0216. The highest BCUT2D eigenvalue weighted by Gasteiger charge is 2.18. The SMILES string of the molecule is CSCCCNC(=S)N(Cc1nnc(-c2cccc([N+](=O)[O-])c2)o1)C(C)C. The number of nitrogens with zero attached hydrogens (tertiary/aromatic N) is 4. The Bertz CT molecular complexity index is 781. The molecule has 0 atom stereocenters. The van der Waals surface area contributed by atoms with Gasteiger partial charge in [-0.05, 0) is 50.6 Å². The van der Waals surface area contributed by atoms with E-state index < -0.39 is 4.92 Å². The van der Waals surface area contributed by atoms with Crippen LogP contribution < -0.4 is 5.32 Å². The maximum Gasteiger partial charge on any atom is 0.270 e. The zero-order valence-electron chi connectivity index (χ0n) is 15.5. The number of benzene rings is 1. The lowest BCUT2D eigenvalue weighted by molar-refractivity contribution is -0.384. The van der Waals surface area contributed by atoms with Gasteiger partial charge in [-0.3, -0.25) is 10.1 Å². The van der Waals surface area contributed by atoms with Crippen LogP contribution in [0.1, 0.15) is 26.2 Å². The lowest BCUT2D eigenvalue weighted by Crippen LogP contribution is -2.43. The Morgan fingerprint density at radius 3 is 2.89 bits per heavy atom. The van der Waals surface area contributed by atoms with Crippen molar-refractivity contribution in [1.82, 2.24) is 20.4 Å². The van der Waals surface area contributed by atoms with Crippen molar-refractivity contribution >= 4 is 34.8 Å². The van der Waals surface area contributed by atoms with Crippen molar-refractivity contribution < 1.29 is 9.34 Å². The van der Waals surface area contributed by atoms with E-state index in [9.17, 15) is 10.1 Å². The van der Waals surface area contributed by atoms with Crippen molar-refractivity contribution in [2.45, 2.75) is 32.9 Å². The number of rotatable bonds is 9. The monoisotopic (exact) mass is 409 g/mol. The Morgan fingerprint density at radius 1 is 1.44 bits per heavy atom. The van der Waals surface area contributed by atoms with E-state index in [1.165, 1.54) is 12.1 Å². The molecule has 10 heteroatoms. The summed E-state index contributed by atoms with van der Waals surface area (Å²) < 4.78 is 5.70. The number of thioether (sulfide) groups is 1.